The molecule has 0 aliphatic rings. The largest absolute Gasteiger partial charge is 0.445 e. The second-order valence-electron chi connectivity index (χ2n) is 4.79. The maximum Gasteiger partial charge on any atom is 0.416 e. The molecular formula is C18H14F3NO2. The molecule has 124 valence electrons. The minimum Gasteiger partial charge on any atom is -0.445 e. The Morgan fingerprint density at radius 1 is 1.04 bits per heavy atom. The van der Waals surface area contributed by atoms with Gasteiger partial charge in [0.25, 0.3) is 0 Å². The summed E-state index contributed by atoms with van der Waals surface area (Å²) in [5.41, 5.74) is 0.571. The summed E-state index contributed by atoms with van der Waals surface area (Å²) in [6.45, 7) is 0.188. The second kappa shape index (κ2) is 8.06. The van der Waals surface area contributed by atoms with Crippen molar-refractivity contribution in [3.63, 3.8) is 0 Å². The van der Waals surface area contributed by atoms with Gasteiger partial charge in [0.1, 0.15) is 6.61 Å². The first-order valence-corrected chi connectivity index (χ1v) is 7.06. The van der Waals surface area contributed by atoms with Crippen LogP contribution in [0.15, 0.2) is 54.6 Å². The lowest BCUT2D eigenvalue weighted by Crippen LogP contribution is -2.24. The van der Waals surface area contributed by atoms with Gasteiger partial charge in [-0.3, -0.25) is 0 Å². The van der Waals surface area contributed by atoms with Crippen LogP contribution in [0.25, 0.3) is 0 Å². The summed E-state index contributed by atoms with van der Waals surface area (Å²) in [5.74, 6) is 5.31. The van der Waals surface area contributed by atoms with E-state index in [4.69, 9.17) is 4.74 Å². The number of alkyl carbamates (subject to hydrolysis) is 1. The van der Waals surface area contributed by atoms with Crippen molar-refractivity contribution >= 4 is 6.09 Å². The van der Waals surface area contributed by atoms with Crippen LogP contribution in [-0.4, -0.2) is 12.6 Å². The fraction of sp³-hybridized carbons (Fsp3) is 0.167. The quantitative estimate of drug-likeness (QED) is 0.863. The van der Waals surface area contributed by atoms with Crippen LogP contribution in [0.1, 0.15) is 16.7 Å². The zero-order valence-electron chi connectivity index (χ0n) is 12.6. The van der Waals surface area contributed by atoms with Crippen molar-refractivity contribution in [2.75, 3.05) is 6.54 Å². The van der Waals surface area contributed by atoms with Gasteiger partial charge >= 0.3 is 12.3 Å². The molecule has 6 heteroatoms. The molecule has 3 nitrogen and oxygen atoms in total. The molecule has 0 heterocycles. The number of alkyl halides is 3. The van der Waals surface area contributed by atoms with Crippen LogP contribution in [0.5, 0.6) is 0 Å². The number of hydrogen-bond donors (Lipinski definition) is 1. The highest BCUT2D eigenvalue weighted by Gasteiger charge is 2.29. The SMILES string of the molecule is O=C(NCC#Cc1ccc(C(F)(F)F)cc1)OCc1ccccc1. The average Bonchev–Trinajstić information content (AvgIpc) is 2.57. The van der Waals surface area contributed by atoms with Gasteiger partial charge in [-0.2, -0.15) is 13.2 Å². The molecule has 0 spiro atoms. The predicted octanol–water partition coefficient (Wildman–Crippen LogP) is 3.98. The molecular weight excluding hydrogens is 319 g/mol. The van der Waals surface area contributed by atoms with E-state index in [9.17, 15) is 18.0 Å². The first-order valence-electron chi connectivity index (χ1n) is 7.06. The number of benzene rings is 2. The van der Waals surface area contributed by atoms with E-state index in [0.29, 0.717) is 5.56 Å². The Morgan fingerprint density at radius 2 is 1.71 bits per heavy atom. The van der Waals surface area contributed by atoms with E-state index in [-0.39, 0.29) is 13.2 Å². The van der Waals surface area contributed by atoms with Crippen LogP contribution < -0.4 is 5.32 Å². The van der Waals surface area contributed by atoms with Gasteiger partial charge in [0.05, 0.1) is 12.1 Å². The van der Waals surface area contributed by atoms with Gasteiger partial charge in [0.15, 0.2) is 0 Å². The lowest BCUT2D eigenvalue weighted by Gasteiger charge is -2.05. The molecule has 2 aromatic rings. The molecule has 0 aliphatic heterocycles. The first-order chi connectivity index (χ1) is 11.4. The molecule has 0 bridgehead atoms. The highest BCUT2D eigenvalue weighted by molar-refractivity contribution is 5.67. The summed E-state index contributed by atoms with van der Waals surface area (Å²) in [6.07, 6.45) is -4.98. The Balaban J connectivity index is 1.76. The molecule has 1 amide bonds. The summed E-state index contributed by atoms with van der Waals surface area (Å²) in [5, 5.41) is 2.44. The lowest BCUT2D eigenvalue weighted by molar-refractivity contribution is -0.137. The van der Waals surface area contributed by atoms with Crippen molar-refractivity contribution in [3.8, 4) is 11.8 Å². The number of ether oxygens (including phenoxy) is 1. The van der Waals surface area contributed by atoms with Crippen molar-refractivity contribution in [2.24, 2.45) is 0 Å². The van der Waals surface area contributed by atoms with Gasteiger partial charge in [0.2, 0.25) is 0 Å². The second-order valence-corrected chi connectivity index (χ2v) is 4.79. The standard InChI is InChI=1S/C18H14F3NO2/c19-18(20,21)16-10-8-14(9-11-16)7-4-12-22-17(23)24-13-15-5-2-1-3-6-15/h1-3,5-6,8-11H,12-13H2,(H,22,23). The molecule has 1 N–H and O–H groups in total. The molecule has 0 aromatic heterocycles. The van der Waals surface area contributed by atoms with E-state index >= 15 is 0 Å². The minimum atomic E-state index is -4.37. The zero-order chi connectivity index (χ0) is 17.4. The van der Waals surface area contributed by atoms with E-state index in [0.717, 1.165) is 17.7 Å². The Labute approximate surface area is 137 Å². The Morgan fingerprint density at radius 3 is 2.33 bits per heavy atom. The van der Waals surface area contributed by atoms with Crippen LogP contribution in [0.2, 0.25) is 0 Å². The third kappa shape index (κ3) is 5.69. The fourth-order valence-electron chi connectivity index (χ4n) is 1.78. The fourth-order valence-corrected chi connectivity index (χ4v) is 1.78. The summed E-state index contributed by atoms with van der Waals surface area (Å²) < 4.78 is 42.2. The monoisotopic (exact) mass is 333 g/mol. The van der Waals surface area contributed by atoms with Gasteiger partial charge in [-0.1, -0.05) is 42.2 Å². The maximum atomic E-state index is 12.4. The predicted molar refractivity (Wildman–Crippen MR) is 83.0 cm³/mol. The Kier molecular flexibility index (Phi) is 5.85. The molecule has 0 saturated carbocycles. The van der Waals surface area contributed by atoms with Crippen LogP contribution >= 0.6 is 0 Å². The van der Waals surface area contributed by atoms with Crippen LogP contribution in [0, 0.1) is 11.8 Å². The maximum absolute atomic E-state index is 12.4. The van der Waals surface area contributed by atoms with Crippen molar-refractivity contribution in [1.82, 2.24) is 5.32 Å². The highest BCUT2D eigenvalue weighted by Crippen LogP contribution is 2.28. The average molecular weight is 333 g/mol. The first kappa shape index (κ1) is 17.4. The molecule has 0 saturated heterocycles. The molecule has 0 radical (unpaired) electrons. The van der Waals surface area contributed by atoms with Gasteiger partial charge < -0.3 is 10.1 Å². The lowest BCUT2D eigenvalue weighted by atomic mass is 10.1. The molecule has 2 aromatic carbocycles. The van der Waals surface area contributed by atoms with Gasteiger partial charge in [-0.15, -0.1) is 0 Å². The normalized spacial score (nSPS) is 10.5. The molecule has 2 rings (SSSR count). The number of hydrogen-bond acceptors (Lipinski definition) is 2. The van der Waals surface area contributed by atoms with Crippen molar-refractivity contribution in [3.05, 3.63) is 71.3 Å². The van der Waals surface area contributed by atoms with Crippen molar-refractivity contribution in [2.45, 2.75) is 12.8 Å². The zero-order valence-corrected chi connectivity index (χ0v) is 12.6. The van der Waals surface area contributed by atoms with Gasteiger partial charge in [0, 0.05) is 5.56 Å². The van der Waals surface area contributed by atoms with Crippen LogP contribution in [-0.2, 0) is 17.5 Å². The third-order valence-corrected chi connectivity index (χ3v) is 2.98. The third-order valence-electron chi connectivity index (χ3n) is 2.98. The Bertz CT molecular complexity index is 729. The van der Waals surface area contributed by atoms with Gasteiger partial charge in [-0.25, -0.2) is 4.79 Å². The van der Waals surface area contributed by atoms with E-state index in [1.165, 1.54) is 12.1 Å². The highest BCUT2D eigenvalue weighted by atomic mass is 19.4. The molecule has 0 atom stereocenters. The smallest absolute Gasteiger partial charge is 0.416 e. The number of amides is 1. The van der Waals surface area contributed by atoms with E-state index < -0.39 is 17.8 Å². The van der Waals surface area contributed by atoms with Crippen LogP contribution in [0.4, 0.5) is 18.0 Å². The Hall–Kier alpha value is -2.94. The number of halogens is 3. The van der Waals surface area contributed by atoms with E-state index in [1.807, 2.05) is 30.3 Å². The van der Waals surface area contributed by atoms with Crippen LogP contribution in [0.3, 0.4) is 0 Å². The molecule has 0 aliphatic carbocycles. The van der Waals surface area contributed by atoms with Crippen molar-refractivity contribution in [1.29, 1.82) is 0 Å². The summed E-state index contributed by atoms with van der Waals surface area (Å²) >= 11 is 0. The van der Waals surface area contributed by atoms with E-state index in [2.05, 4.69) is 17.2 Å². The molecule has 24 heavy (non-hydrogen) atoms. The minimum absolute atomic E-state index is 0.0364. The summed E-state index contributed by atoms with van der Waals surface area (Å²) in [6, 6.07) is 13.7. The number of carbonyl (C=O) groups is 1. The van der Waals surface area contributed by atoms with Crippen molar-refractivity contribution < 1.29 is 22.7 Å². The summed E-state index contributed by atoms with van der Waals surface area (Å²) in [7, 11) is 0. The molecule has 0 unspecified atom stereocenters. The topological polar surface area (TPSA) is 38.3 Å². The number of rotatable bonds is 3. The molecule has 0 fully saturated rings. The number of carbonyl (C=O) groups excluding carboxylic acids is 1. The van der Waals surface area contributed by atoms with Gasteiger partial charge in [-0.05, 0) is 29.8 Å². The van der Waals surface area contributed by atoms with E-state index in [1.54, 1.807) is 0 Å². The summed E-state index contributed by atoms with van der Waals surface area (Å²) in [4.78, 5) is 11.5. The number of nitrogens with one attached hydrogen (secondary N) is 1.